The smallest absolute Gasteiger partial charge is 0.372 e. The zero-order chi connectivity index (χ0) is 22.3. The summed E-state index contributed by atoms with van der Waals surface area (Å²) in [7, 11) is 1.76. The standard InChI is InChI=1S/C23H36F3N5.HI/c1-18(20-6-5-7-21(16-20)31-12-3-4-13-31)29-22(27-2)28-11-8-19-9-14-30(15-10-19)17-23(24,25)26;/h5-7,16,18-19H,3-4,8-15,17H2,1-2H3,(H2,27,28,29);1H. The molecular formula is C23H37F3IN5. The molecule has 1 unspecified atom stereocenters. The number of halogens is 4. The fraction of sp³-hybridized carbons (Fsp3) is 0.696. The second-order valence-electron chi connectivity index (χ2n) is 8.78. The first kappa shape index (κ1) is 27.0. The zero-order valence-electron chi connectivity index (χ0n) is 19.1. The lowest BCUT2D eigenvalue weighted by Crippen LogP contribution is -2.42. The monoisotopic (exact) mass is 567 g/mol. The third kappa shape index (κ3) is 8.61. The van der Waals surface area contributed by atoms with Gasteiger partial charge in [0.15, 0.2) is 5.96 Å². The molecule has 0 aliphatic carbocycles. The Hall–Kier alpha value is -1.23. The van der Waals surface area contributed by atoms with Crippen LogP contribution in [0, 0.1) is 5.92 Å². The van der Waals surface area contributed by atoms with Crippen molar-refractivity contribution in [1.29, 1.82) is 0 Å². The van der Waals surface area contributed by atoms with E-state index in [-0.39, 0.29) is 30.0 Å². The molecule has 0 spiro atoms. The fourth-order valence-corrected chi connectivity index (χ4v) is 4.53. The summed E-state index contributed by atoms with van der Waals surface area (Å²) in [6.07, 6.45) is 1.01. The number of hydrogen-bond acceptors (Lipinski definition) is 3. The van der Waals surface area contributed by atoms with Gasteiger partial charge in [-0.05, 0) is 75.7 Å². The summed E-state index contributed by atoms with van der Waals surface area (Å²) >= 11 is 0. The number of alkyl halides is 3. The van der Waals surface area contributed by atoms with E-state index in [0.717, 1.165) is 44.9 Å². The van der Waals surface area contributed by atoms with E-state index in [1.54, 1.807) is 7.05 Å². The van der Waals surface area contributed by atoms with Crippen molar-refractivity contribution in [2.45, 2.75) is 51.2 Å². The van der Waals surface area contributed by atoms with Gasteiger partial charge in [-0.1, -0.05) is 12.1 Å². The number of likely N-dealkylation sites (tertiary alicyclic amines) is 1. The lowest BCUT2D eigenvalue weighted by atomic mass is 9.93. The highest BCUT2D eigenvalue weighted by atomic mass is 127. The number of rotatable bonds is 7. The van der Waals surface area contributed by atoms with Crippen LogP contribution in [0.4, 0.5) is 18.9 Å². The van der Waals surface area contributed by atoms with Crippen molar-refractivity contribution in [1.82, 2.24) is 15.5 Å². The first-order valence-electron chi connectivity index (χ1n) is 11.5. The Kier molecular flexibility index (Phi) is 10.9. The minimum absolute atomic E-state index is 0. The lowest BCUT2D eigenvalue weighted by Gasteiger charge is -2.32. The molecule has 5 nitrogen and oxygen atoms in total. The summed E-state index contributed by atoms with van der Waals surface area (Å²) in [6.45, 7) is 5.43. The van der Waals surface area contributed by atoms with E-state index in [4.69, 9.17) is 0 Å². The van der Waals surface area contributed by atoms with Crippen LogP contribution in [-0.2, 0) is 0 Å². The van der Waals surface area contributed by atoms with Crippen molar-refractivity contribution in [2.24, 2.45) is 10.9 Å². The molecule has 1 aromatic rings. The molecule has 2 fully saturated rings. The van der Waals surface area contributed by atoms with Crippen LogP contribution in [-0.4, -0.2) is 63.4 Å². The number of aliphatic imine (C=N–C) groups is 1. The quantitative estimate of drug-likeness (QED) is 0.283. The summed E-state index contributed by atoms with van der Waals surface area (Å²) in [5.41, 5.74) is 2.51. The van der Waals surface area contributed by atoms with Gasteiger partial charge in [-0.25, -0.2) is 0 Å². The van der Waals surface area contributed by atoms with E-state index in [9.17, 15) is 13.2 Å². The SMILES string of the molecule is CN=C(NCCC1CCN(CC(F)(F)F)CC1)NC(C)c1cccc(N2CCCC2)c1.I. The molecule has 2 saturated heterocycles. The number of hydrogen-bond donors (Lipinski definition) is 2. The third-order valence-corrected chi connectivity index (χ3v) is 6.37. The molecule has 9 heteroatoms. The molecule has 0 saturated carbocycles. The third-order valence-electron chi connectivity index (χ3n) is 6.37. The fourth-order valence-electron chi connectivity index (χ4n) is 4.53. The van der Waals surface area contributed by atoms with Gasteiger partial charge in [0.05, 0.1) is 12.6 Å². The average molecular weight is 567 g/mol. The maximum absolute atomic E-state index is 12.5. The van der Waals surface area contributed by atoms with Gasteiger partial charge >= 0.3 is 6.18 Å². The van der Waals surface area contributed by atoms with E-state index < -0.39 is 12.7 Å². The second-order valence-corrected chi connectivity index (χ2v) is 8.78. The molecule has 0 radical (unpaired) electrons. The highest BCUT2D eigenvalue weighted by Gasteiger charge is 2.32. The second kappa shape index (κ2) is 12.9. The van der Waals surface area contributed by atoms with Crippen molar-refractivity contribution in [3.05, 3.63) is 29.8 Å². The summed E-state index contributed by atoms with van der Waals surface area (Å²) in [6, 6.07) is 8.81. The average Bonchev–Trinajstić information content (AvgIpc) is 3.28. The van der Waals surface area contributed by atoms with Crippen LogP contribution >= 0.6 is 24.0 Å². The van der Waals surface area contributed by atoms with Crippen molar-refractivity contribution in [3.63, 3.8) is 0 Å². The minimum atomic E-state index is -4.10. The van der Waals surface area contributed by atoms with Crippen LogP contribution in [0.5, 0.6) is 0 Å². The van der Waals surface area contributed by atoms with Gasteiger partial charge in [-0.15, -0.1) is 24.0 Å². The van der Waals surface area contributed by atoms with Gasteiger partial charge in [0, 0.05) is 32.4 Å². The molecule has 0 bridgehead atoms. The van der Waals surface area contributed by atoms with Gasteiger partial charge in [0.25, 0.3) is 0 Å². The van der Waals surface area contributed by atoms with Crippen molar-refractivity contribution in [2.75, 3.05) is 51.2 Å². The molecule has 0 aromatic heterocycles. The summed E-state index contributed by atoms with van der Waals surface area (Å²) in [5.74, 6) is 1.22. The van der Waals surface area contributed by atoms with Crippen LogP contribution in [0.15, 0.2) is 29.3 Å². The van der Waals surface area contributed by atoms with Gasteiger partial charge in [0.1, 0.15) is 0 Å². The molecule has 2 aliphatic heterocycles. The summed E-state index contributed by atoms with van der Waals surface area (Å²) in [5, 5.41) is 6.83. The lowest BCUT2D eigenvalue weighted by molar-refractivity contribution is -0.148. The number of benzene rings is 1. The molecule has 3 rings (SSSR count). The largest absolute Gasteiger partial charge is 0.401 e. The number of nitrogens with zero attached hydrogens (tertiary/aromatic N) is 3. The predicted molar refractivity (Wildman–Crippen MR) is 136 cm³/mol. The van der Waals surface area contributed by atoms with Crippen LogP contribution in [0.25, 0.3) is 0 Å². The molecule has 2 N–H and O–H groups in total. The summed E-state index contributed by atoms with van der Waals surface area (Å²) < 4.78 is 37.6. The van der Waals surface area contributed by atoms with Gasteiger partial charge in [-0.2, -0.15) is 13.2 Å². The molecule has 32 heavy (non-hydrogen) atoms. The number of piperidine rings is 1. The molecule has 182 valence electrons. The van der Waals surface area contributed by atoms with Crippen molar-refractivity contribution < 1.29 is 13.2 Å². The topological polar surface area (TPSA) is 42.9 Å². The Bertz CT molecular complexity index is 714. The Morgan fingerprint density at radius 2 is 1.84 bits per heavy atom. The normalized spacial score (nSPS) is 19.5. The van der Waals surface area contributed by atoms with E-state index in [1.807, 2.05) is 0 Å². The first-order chi connectivity index (χ1) is 14.8. The van der Waals surface area contributed by atoms with E-state index >= 15 is 0 Å². The predicted octanol–water partition coefficient (Wildman–Crippen LogP) is 4.80. The summed E-state index contributed by atoms with van der Waals surface area (Å²) in [4.78, 5) is 8.29. The maximum Gasteiger partial charge on any atom is 0.401 e. The number of guanidine groups is 1. The highest BCUT2D eigenvalue weighted by Crippen LogP contribution is 2.25. The van der Waals surface area contributed by atoms with Crippen molar-refractivity contribution >= 4 is 35.6 Å². The molecule has 2 heterocycles. The highest BCUT2D eigenvalue weighted by molar-refractivity contribution is 14.0. The molecule has 0 amide bonds. The van der Waals surface area contributed by atoms with Gasteiger partial charge in [0.2, 0.25) is 0 Å². The Balaban J connectivity index is 0.00000363. The Morgan fingerprint density at radius 3 is 2.47 bits per heavy atom. The van der Waals surface area contributed by atoms with E-state index in [2.05, 4.69) is 51.7 Å². The Morgan fingerprint density at radius 1 is 1.16 bits per heavy atom. The minimum Gasteiger partial charge on any atom is -0.372 e. The van der Waals surface area contributed by atoms with E-state index in [1.165, 1.54) is 29.0 Å². The van der Waals surface area contributed by atoms with Crippen LogP contribution in [0.2, 0.25) is 0 Å². The van der Waals surface area contributed by atoms with Crippen LogP contribution in [0.1, 0.15) is 50.6 Å². The Labute approximate surface area is 207 Å². The molecule has 1 atom stereocenters. The van der Waals surface area contributed by atoms with Crippen molar-refractivity contribution in [3.8, 4) is 0 Å². The number of anilines is 1. The molecule has 2 aliphatic rings. The number of nitrogens with one attached hydrogen (secondary N) is 2. The van der Waals surface area contributed by atoms with Crippen LogP contribution < -0.4 is 15.5 Å². The van der Waals surface area contributed by atoms with Crippen LogP contribution in [0.3, 0.4) is 0 Å². The molecule has 1 aromatic carbocycles. The van der Waals surface area contributed by atoms with E-state index in [0.29, 0.717) is 19.0 Å². The zero-order valence-corrected chi connectivity index (χ0v) is 21.5. The molecular weight excluding hydrogens is 530 g/mol. The van der Waals surface area contributed by atoms with Gasteiger partial charge < -0.3 is 15.5 Å². The maximum atomic E-state index is 12.5. The first-order valence-corrected chi connectivity index (χ1v) is 11.5. The van der Waals surface area contributed by atoms with Gasteiger partial charge in [-0.3, -0.25) is 9.89 Å².